The second-order valence-electron chi connectivity index (χ2n) is 3.79. The van der Waals surface area contributed by atoms with Crippen LogP contribution in [-0.4, -0.2) is 38.7 Å². The van der Waals surface area contributed by atoms with Gasteiger partial charge in [-0.05, 0) is 0 Å². The van der Waals surface area contributed by atoms with E-state index in [1.165, 1.54) is 0 Å². The van der Waals surface area contributed by atoms with Crippen LogP contribution in [0.3, 0.4) is 0 Å². The topological polar surface area (TPSA) is 58.2 Å². The third kappa shape index (κ3) is 1.64. The summed E-state index contributed by atoms with van der Waals surface area (Å²) >= 11 is 0. The summed E-state index contributed by atoms with van der Waals surface area (Å²) in [6.45, 7) is 0.336. The first-order valence-corrected chi connectivity index (χ1v) is 5.98. The molecule has 0 aromatic rings. The van der Waals surface area contributed by atoms with E-state index in [0.29, 0.717) is 0 Å². The van der Waals surface area contributed by atoms with Crippen molar-refractivity contribution in [2.75, 3.05) is 13.1 Å². The van der Waals surface area contributed by atoms with E-state index in [2.05, 4.69) is 10.0 Å². The zero-order valence-corrected chi connectivity index (χ0v) is 8.28. The number of rotatable bonds is 3. The minimum Gasteiger partial charge on any atom is -0.312 e. The van der Waals surface area contributed by atoms with Crippen molar-refractivity contribution in [2.24, 2.45) is 0 Å². The van der Waals surface area contributed by atoms with Crippen molar-refractivity contribution >= 4 is 10.0 Å². The highest BCUT2D eigenvalue weighted by atomic mass is 32.2. The maximum absolute atomic E-state index is 13.3. The van der Waals surface area contributed by atoms with Gasteiger partial charge in [-0.25, -0.2) is 21.9 Å². The average molecular weight is 226 g/mol. The third-order valence-electron chi connectivity index (χ3n) is 2.57. The highest BCUT2D eigenvalue weighted by molar-refractivity contribution is 7.91. The van der Waals surface area contributed by atoms with Crippen molar-refractivity contribution in [1.29, 1.82) is 0 Å². The van der Waals surface area contributed by atoms with Crippen LogP contribution in [0.15, 0.2) is 0 Å². The van der Waals surface area contributed by atoms with E-state index in [4.69, 9.17) is 0 Å². The molecule has 2 rings (SSSR count). The molecule has 2 atom stereocenters. The molecule has 14 heavy (non-hydrogen) atoms. The Balaban J connectivity index is 2.03. The van der Waals surface area contributed by atoms with E-state index < -0.39 is 27.2 Å². The Morgan fingerprint density at radius 3 is 2.43 bits per heavy atom. The summed E-state index contributed by atoms with van der Waals surface area (Å²) in [4.78, 5) is 0. The second-order valence-corrected chi connectivity index (χ2v) is 5.76. The molecule has 2 N–H and O–H groups in total. The van der Waals surface area contributed by atoms with E-state index in [0.717, 1.165) is 0 Å². The Morgan fingerprint density at radius 1 is 1.36 bits per heavy atom. The summed E-state index contributed by atoms with van der Waals surface area (Å²) < 4.78 is 51.0. The van der Waals surface area contributed by atoms with E-state index in [-0.39, 0.29) is 25.9 Å². The number of alkyl halides is 2. The summed E-state index contributed by atoms with van der Waals surface area (Å²) in [6, 6.07) is -0.826. The largest absolute Gasteiger partial charge is 0.312 e. The molecule has 82 valence electrons. The monoisotopic (exact) mass is 226 g/mol. The molecule has 1 saturated heterocycles. The molecule has 1 aliphatic heterocycles. The molecule has 1 aliphatic carbocycles. The SMILES string of the molecule is O=S(=O)(N[C@@H]1CNC[C@@H]1F)C1(F)CC1. The van der Waals surface area contributed by atoms with E-state index >= 15 is 0 Å². The van der Waals surface area contributed by atoms with Gasteiger partial charge < -0.3 is 5.32 Å². The Morgan fingerprint density at radius 2 is 2.00 bits per heavy atom. The van der Waals surface area contributed by atoms with Gasteiger partial charge in [-0.3, -0.25) is 0 Å². The van der Waals surface area contributed by atoms with Crippen LogP contribution in [0.2, 0.25) is 0 Å². The molecular weight excluding hydrogens is 214 g/mol. The van der Waals surface area contributed by atoms with Crippen molar-refractivity contribution in [1.82, 2.24) is 10.0 Å². The highest BCUT2D eigenvalue weighted by Gasteiger charge is 2.56. The number of hydrogen-bond acceptors (Lipinski definition) is 3. The smallest absolute Gasteiger partial charge is 0.247 e. The molecule has 1 heterocycles. The lowest BCUT2D eigenvalue weighted by molar-refractivity contribution is 0.314. The number of sulfonamides is 1. The molecule has 4 nitrogen and oxygen atoms in total. The molecule has 0 amide bonds. The number of halogens is 2. The van der Waals surface area contributed by atoms with Crippen LogP contribution in [0.4, 0.5) is 8.78 Å². The van der Waals surface area contributed by atoms with Gasteiger partial charge in [-0.1, -0.05) is 0 Å². The molecule has 0 radical (unpaired) electrons. The molecular formula is C7H12F2N2O2S. The van der Waals surface area contributed by atoms with Gasteiger partial charge in [0.05, 0.1) is 6.04 Å². The first-order chi connectivity index (χ1) is 6.45. The van der Waals surface area contributed by atoms with E-state index in [9.17, 15) is 17.2 Å². The molecule has 0 aromatic carbocycles. The van der Waals surface area contributed by atoms with Crippen LogP contribution in [-0.2, 0) is 10.0 Å². The lowest BCUT2D eigenvalue weighted by Crippen LogP contribution is -2.45. The van der Waals surface area contributed by atoms with Gasteiger partial charge in [0.15, 0.2) is 0 Å². The van der Waals surface area contributed by atoms with Crippen molar-refractivity contribution in [3.05, 3.63) is 0 Å². The van der Waals surface area contributed by atoms with Gasteiger partial charge in [-0.2, -0.15) is 0 Å². The lowest BCUT2D eigenvalue weighted by Gasteiger charge is -2.15. The summed E-state index contributed by atoms with van der Waals surface area (Å²) in [5.41, 5.74) is 0. The third-order valence-corrected chi connectivity index (χ3v) is 4.56. The zero-order valence-electron chi connectivity index (χ0n) is 7.46. The van der Waals surface area contributed by atoms with Crippen LogP contribution in [0.1, 0.15) is 12.8 Å². The first-order valence-electron chi connectivity index (χ1n) is 4.50. The minimum atomic E-state index is -4.00. The van der Waals surface area contributed by atoms with Gasteiger partial charge in [0, 0.05) is 25.9 Å². The molecule has 0 bridgehead atoms. The molecule has 1 saturated carbocycles. The van der Waals surface area contributed by atoms with E-state index in [1.807, 2.05) is 0 Å². The molecule has 2 aliphatic rings. The van der Waals surface area contributed by atoms with E-state index in [1.54, 1.807) is 0 Å². The van der Waals surface area contributed by atoms with Gasteiger partial charge >= 0.3 is 0 Å². The molecule has 2 fully saturated rings. The zero-order chi connectivity index (χ0) is 10.4. The van der Waals surface area contributed by atoms with Crippen LogP contribution in [0.25, 0.3) is 0 Å². The second kappa shape index (κ2) is 3.11. The summed E-state index contributed by atoms with van der Waals surface area (Å²) in [5.74, 6) is 0. The van der Waals surface area contributed by atoms with Crippen molar-refractivity contribution in [3.63, 3.8) is 0 Å². The summed E-state index contributed by atoms with van der Waals surface area (Å²) in [5, 5.41) is 0.549. The van der Waals surface area contributed by atoms with Crippen molar-refractivity contribution in [2.45, 2.75) is 30.1 Å². The first kappa shape index (κ1) is 10.3. The minimum absolute atomic E-state index is 0.0133. The Bertz CT molecular complexity index is 329. The Hall–Kier alpha value is -0.270. The van der Waals surface area contributed by atoms with Crippen LogP contribution < -0.4 is 10.0 Å². The fraction of sp³-hybridized carbons (Fsp3) is 1.00. The van der Waals surface area contributed by atoms with Crippen LogP contribution >= 0.6 is 0 Å². The van der Waals surface area contributed by atoms with Crippen LogP contribution in [0.5, 0.6) is 0 Å². The Kier molecular flexibility index (Phi) is 2.28. The number of nitrogens with one attached hydrogen (secondary N) is 2. The van der Waals surface area contributed by atoms with Crippen LogP contribution in [0, 0.1) is 0 Å². The molecule has 0 spiro atoms. The van der Waals surface area contributed by atoms with Gasteiger partial charge in [0.2, 0.25) is 15.0 Å². The fourth-order valence-corrected chi connectivity index (χ4v) is 2.91. The number of hydrogen-bond donors (Lipinski definition) is 2. The van der Waals surface area contributed by atoms with Crippen molar-refractivity contribution in [3.8, 4) is 0 Å². The van der Waals surface area contributed by atoms with Crippen molar-refractivity contribution < 1.29 is 17.2 Å². The van der Waals surface area contributed by atoms with Gasteiger partial charge in [0.1, 0.15) is 6.17 Å². The summed E-state index contributed by atoms with van der Waals surface area (Å²) in [6.07, 6.45) is -1.24. The summed E-state index contributed by atoms with van der Waals surface area (Å²) in [7, 11) is -4.00. The normalized spacial score (nSPS) is 35.9. The quantitative estimate of drug-likeness (QED) is 0.693. The average Bonchev–Trinajstić information content (AvgIpc) is 2.73. The molecule has 0 unspecified atom stereocenters. The standard InChI is InChI=1S/C7H12F2N2O2S/c8-5-3-10-4-6(5)11-14(12,13)7(9)1-2-7/h5-6,10-11H,1-4H2/t5-,6+/m0/s1. The molecule has 0 aromatic heterocycles. The maximum atomic E-state index is 13.3. The molecule has 7 heteroatoms. The Labute approximate surface area is 81.1 Å². The highest BCUT2D eigenvalue weighted by Crippen LogP contribution is 2.44. The maximum Gasteiger partial charge on any atom is 0.247 e. The predicted molar refractivity (Wildman–Crippen MR) is 46.7 cm³/mol. The predicted octanol–water partition coefficient (Wildman–Crippen LogP) is -0.325. The van der Waals surface area contributed by atoms with Gasteiger partial charge in [-0.15, -0.1) is 0 Å². The fourth-order valence-electron chi connectivity index (χ4n) is 1.43. The van der Waals surface area contributed by atoms with Gasteiger partial charge in [0.25, 0.3) is 0 Å². The lowest BCUT2D eigenvalue weighted by atomic mass is 10.2.